The highest BCUT2D eigenvalue weighted by Gasteiger charge is 3.10. The standard InChI is InChI=1S/C28H21FN8O5/c29-10-6-33-37-13(4-12(34-22(10)37)23(39)30-5-9-1-2-14-11(3-9)35-26(41)42-14)24(40)32-8-27-16-19-17(27)21-18(27)20(16)28(19,21)25-31-7-15(38)36-25/h1-4,6,16-21H,5,7-8H2,(H,30,39)(H,32,40)(H,35,41)(H,31,36,38). The van der Waals surface area contributed by atoms with Gasteiger partial charge in [0.1, 0.15) is 23.8 Å². The lowest BCUT2D eigenvalue weighted by Gasteiger charge is -3.11. The lowest BCUT2D eigenvalue weighted by Crippen LogP contribution is -3.12. The summed E-state index contributed by atoms with van der Waals surface area (Å²) in [5.74, 6) is 1.76. The van der Waals surface area contributed by atoms with E-state index in [-0.39, 0.29) is 46.9 Å². The number of nitrogens with zero attached hydrogens (tertiary/aromatic N) is 4. The molecule has 0 saturated heterocycles. The number of benzene rings is 1. The van der Waals surface area contributed by atoms with Gasteiger partial charge in [0.15, 0.2) is 17.0 Å². The number of amides is 3. The summed E-state index contributed by atoms with van der Waals surface area (Å²) in [7, 11) is 0. The predicted octanol–water partition coefficient (Wildman–Crippen LogP) is 0.229. The zero-order valence-electron chi connectivity index (χ0n) is 21.7. The summed E-state index contributed by atoms with van der Waals surface area (Å²) in [5.41, 5.74) is 1.45. The Balaban J connectivity index is 0.863. The van der Waals surface area contributed by atoms with E-state index in [0.29, 0.717) is 58.7 Å². The summed E-state index contributed by atoms with van der Waals surface area (Å²) in [6.07, 6.45) is 0.962. The average molecular weight is 569 g/mol. The van der Waals surface area contributed by atoms with Gasteiger partial charge >= 0.3 is 5.76 Å². The Kier molecular flexibility index (Phi) is 3.76. The monoisotopic (exact) mass is 568 g/mol. The van der Waals surface area contributed by atoms with Crippen LogP contribution in [0.15, 0.2) is 44.7 Å². The number of H-pyrrole nitrogens is 1. The minimum Gasteiger partial charge on any atom is -0.408 e. The van der Waals surface area contributed by atoms with Crippen LogP contribution in [-0.4, -0.2) is 56.2 Å². The van der Waals surface area contributed by atoms with Gasteiger partial charge in [-0.1, -0.05) is 6.07 Å². The number of rotatable bonds is 7. The van der Waals surface area contributed by atoms with Gasteiger partial charge in [-0.3, -0.25) is 24.4 Å². The van der Waals surface area contributed by atoms with Crippen molar-refractivity contribution in [1.82, 2.24) is 35.5 Å². The number of fused-ring (bicyclic) bond motifs is 2. The molecule has 0 unspecified atom stereocenters. The van der Waals surface area contributed by atoms with Gasteiger partial charge in [-0.25, -0.2) is 18.7 Å². The van der Waals surface area contributed by atoms with Crippen molar-refractivity contribution in [3.8, 4) is 0 Å². The third-order valence-corrected chi connectivity index (χ3v) is 11.3. The molecule has 1 aromatic carbocycles. The van der Waals surface area contributed by atoms with Gasteiger partial charge < -0.3 is 20.4 Å². The number of halogens is 1. The third-order valence-electron chi connectivity index (χ3n) is 11.3. The highest BCUT2D eigenvalue weighted by molar-refractivity contribution is 6.10. The SMILES string of the molecule is O=C1CN=C(C23C4C5C2C2C3C4C52CNC(=O)c2cc(C(=O)NCc3ccc4oc(=O)[nH]c4c3)nc3c(F)cnn23)N1. The second-order valence-electron chi connectivity index (χ2n) is 12.4. The molecule has 0 atom stereocenters. The van der Waals surface area contributed by atoms with Crippen molar-refractivity contribution in [3.63, 3.8) is 0 Å². The largest absolute Gasteiger partial charge is 0.417 e. The van der Waals surface area contributed by atoms with Gasteiger partial charge in [0, 0.05) is 24.6 Å². The number of hydrogen-bond donors (Lipinski definition) is 4. The number of carbonyl (C=O) groups is 3. The zero-order chi connectivity index (χ0) is 28.3. The molecule has 0 radical (unpaired) electrons. The molecule has 14 heteroatoms. The Morgan fingerprint density at radius 1 is 1.07 bits per heavy atom. The average Bonchev–Trinajstić information content (AvgIpc) is 3.71. The second kappa shape index (κ2) is 6.94. The summed E-state index contributed by atoms with van der Waals surface area (Å²) in [6, 6.07) is 6.31. The normalized spacial score (nSPS) is 35.3. The zero-order valence-corrected chi connectivity index (χ0v) is 21.7. The highest BCUT2D eigenvalue weighted by atomic mass is 19.1. The molecule has 4 N–H and O–H groups in total. The van der Waals surface area contributed by atoms with Gasteiger partial charge in [-0.05, 0) is 58.6 Å². The first-order valence-corrected chi connectivity index (χ1v) is 13.9. The lowest BCUT2D eigenvalue weighted by molar-refractivity contribution is -0.635. The molecular formula is C28H21FN8O5. The van der Waals surface area contributed by atoms with E-state index in [1.165, 1.54) is 6.07 Å². The van der Waals surface area contributed by atoms with Crippen molar-refractivity contribution in [2.75, 3.05) is 13.1 Å². The van der Waals surface area contributed by atoms with E-state index < -0.39 is 23.4 Å². The van der Waals surface area contributed by atoms with Crippen molar-refractivity contribution in [2.24, 2.45) is 51.3 Å². The van der Waals surface area contributed by atoms with Gasteiger partial charge in [-0.2, -0.15) is 5.10 Å². The number of aromatic nitrogens is 4. The van der Waals surface area contributed by atoms with Crippen LogP contribution in [0.25, 0.3) is 16.7 Å². The Hall–Kier alpha value is -4.88. The Bertz CT molecular complexity index is 2020. The molecule has 6 aliphatic carbocycles. The van der Waals surface area contributed by atoms with E-state index in [4.69, 9.17) is 4.42 Å². The first kappa shape index (κ1) is 22.8. The minimum atomic E-state index is -0.749. The van der Waals surface area contributed by atoms with E-state index in [1.807, 2.05) is 0 Å². The fourth-order valence-corrected chi connectivity index (χ4v) is 10.1. The van der Waals surface area contributed by atoms with Crippen LogP contribution in [0, 0.1) is 52.2 Å². The van der Waals surface area contributed by atoms with Crippen LogP contribution in [0.2, 0.25) is 0 Å². The number of amidine groups is 1. The van der Waals surface area contributed by atoms with Crippen molar-refractivity contribution >= 4 is 40.3 Å². The van der Waals surface area contributed by atoms with Crippen LogP contribution in [-0.2, 0) is 11.3 Å². The van der Waals surface area contributed by atoms with Crippen LogP contribution in [0.1, 0.15) is 26.5 Å². The smallest absolute Gasteiger partial charge is 0.408 e. The molecule has 3 aromatic heterocycles. The molecule has 6 fully saturated rings. The number of carbonyl (C=O) groups excluding carboxylic acids is 3. The highest BCUT2D eigenvalue weighted by Crippen LogP contribution is 3.10. The van der Waals surface area contributed by atoms with E-state index in [0.717, 1.165) is 16.5 Å². The molecule has 4 heterocycles. The minimum absolute atomic E-state index is 0.0165. The van der Waals surface area contributed by atoms with Gasteiger partial charge in [0.2, 0.25) is 5.91 Å². The van der Waals surface area contributed by atoms with E-state index in [1.54, 1.807) is 18.2 Å². The maximum absolute atomic E-state index is 14.5. The molecule has 0 spiro atoms. The summed E-state index contributed by atoms with van der Waals surface area (Å²) >= 11 is 0. The van der Waals surface area contributed by atoms with Crippen LogP contribution >= 0.6 is 0 Å². The molecule has 0 bridgehead atoms. The van der Waals surface area contributed by atoms with Gasteiger partial charge in [0.25, 0.3) is 11.8 Å². The molecular weight excluding hydrogens is 547 g/mol. The summed E-state index contributed by atoms with van der Waals surface area (Å²) < 4.78 is 20.7. The van der Waals surface area contributed by atoms with Crippen molar-refractivity contribution in [1.29, 1.82) is 0 Å². The van der Waals surface area contributed by atoms with Gasteiger partial charge in [-0.15, -0.1) is 0 Å². The van der Waals surface area contributed by atoms with E-state index in [9.17, 15) is 23.6 Å². The van der Waals surface area contributed by atoms with Crippen LogP contribution < -0.4 is 21.7 Å². The molecule has 1 aliphatic heterocycles. The fourth-order valence-electron chi connectivity index (χ4n) is 10.1. The molecule has 6 saturated carbocycles. The number of oxazole rings is 1. The van der Waals surface area contributed by atoms with Crippen molar-refractivity contribution < 1.29 is 23.2 Å². The summed E-state index contributed by atoms with van der Waals surface area (Å²) in [6.45, 7) is 0.839. The summed E-state index contributed by atoms with van der Waals surface area (Å²) in [5, 5.41) is 12.7. The molecule has 4 aromatic rings. The summed E-state index contributed by atoms with van der Waals surface area (Å²) in [4.78, 5) is 60.8. The van der Waals surface area contributed by atoms with E-state index in [2.05, 4.69) is 36.0 Å². The molecule has 42 heavy (non-hydrogen) atoms. The number of aliphatic imine (C=N–C) groups is 1. The molecule has 7 aliphatic rings. The predicted molar refractivity (Wildman–Crippen MR) is 140 cm³/mol. The quantitative estimate of drug-likeness (QED) is 0.247. The molecule has 13 nitrogen and oxygen atoms in total. The van der Waals surface area contributed by atoms with Gasteiger partial charge in [0.05, 0.1) is 11.7 Å². The first-order valence-electron chi connectivity index (χ1n) is 13.9. The number of nitrogens with one attached hydrogen (secondary N) is 4. The van der Waals surface area contributed by atoms with Crippen LogP contribution in [0.3, 0.4) is 0 Å². The third kappa shape index (κ3) is 2.24. The molecule has 210 valence electrons. The molecule has 11 rings (SSSR count). The topological polar surface area (TPSA) is 176 Å². The van der Waals surface area contributed by atoms with Crippen molar-refractivity contribution in [3.05, 3.63) is 63.8 Å². The Morgan fingerprint density at radius 3 is 2.60 bits per heavy atom. The molecule has 3 amide bonds. The van der Waals surface area contributed by atoms with E-state index >= 15 is 0 Å². The van der Waals surface area contributed by atoms with Crippen LogP contribution in [0.5, 0.6) is 0 Å². The number of hydrogen-bond acceptors (Lipinski definition) is 8. The Morgan fingerprint density at radius 2 is 1.86 bits per heavy atom. The number of aromatic amines is 1. The lowest BCUT2D eigenvalue weighted by atomic mass is 8.92. The first-order chi connectivity index (χ1) is 20.3. The van der Waals surface area contributed by atoms with Crippen molar-refractivity contribution in [2.45, 2.75) is 6.54 Å². The van der Waals surface area contributed by atoms with Crippen LogP contribution in [0.4, 0.5) is 4.39 Å². The fraction of sp³-hybridized carbons (Fsp3) is 0.393. The maximum atomic E-state index is 14.5. The second-order valence-corrected chi connectivity index (χ2v) is 12.4. The Labute approximate surface area is 234 Å². The maximum Gasteiger partial charge on any atom is 0.417 e.